The van der Waals surface area contributed by atoms with Gasteiger partial charge in [-0.05, 0) is 42.3 Å². The number of rotatable bonds is 7. The summed E-state index contributed by atoms with van der Waals surface area (Å²) in [5.74, 6) is 2.94. The normalized spacial score (nSPS) is 12.0. The first-order valence-electron chi connectivity index (χ1n) is 9.85. The van der Waals surface area contributed by atoms with Gasteiger partial charge >= 0.3 is 0 Å². The van der Waals surface area contributed by atoms with Crippen molar-refractivity contribution in [2.24, 2.45) is 5.92 Å². The standard InChI is InChI=1S/C23H23N3O4S/c1-14(2)13-30-17-10-8-15(9-11-17)21-24-23-26(25-21)22(27)19(31-23)12-16-6-5-7-18(28-3)20(16)29-4/h5-12,14H,13H2,1-4H3. The summed E-state index contributed by atoms with van der Waals surface area (Å²) < 4.78 is 18.3. The SMILES string of the molecule is COc1cccc(C=c2sc3nc(-c4ccc(OCC(C)C)cc4)nn3c2=O)c1OC. The van der Waals surface area contributed by atoms with Gasteiger partial charge in [-0.25, -0.2) is 0 Å². The third-order valence-corrected chi connectivity index (χ3v) is 5.56. The van der Waals surface area contributed by atoms with Crippen molar-refractivity contribution in [2.45, 2.75) is 13.8 Å². The Morgan fingerprint density at radius 3 is 2.52 bits per heavy atom. The van der Waals surface area contributed by atoms with Gasteiger partial charge in [-0.1, -0.05) is 37.3 Å². The summed E-state index contributed by atoms with van der Waals surface area (Å²) >= 11 is 1.28. The molecule has 0 fully saturated rings. The highest BCUT2D eigenvalue weighted by Crippen LogP contribution is 2.31. The van der Waals surface area contributed by atoms with E-state index < -0.39 is 0 Å². The van der Waals surface area contributed by atoms with Crippen molar-refractivity contribution in [2.75, 3.05) is 20.8 Å². The zero-order valence-electron chi connectivity index (χ0n) is 17.8. The Hall–Kier alpha value is -3.39. The highest BCUT2D eigenvalue weighted by atomic mass is 32.1. The van der Waals surface area contributed by atoms with Crippen LogP contribution >= 0.6 is 11.3 Å². The average Bonchev–Trinajstić information content (AvgIpc) is 3.32. The number of hydrogen-bond acceptors (Lipinski definition) is 7. The molecule has 0 saturated heterocycles. The van der Waals surface area contributed by atoms with Crippen molar-refractivity contribution >= 4 is 22.4 Å². The lowest BCUT2D eigenvalue weighted by Crippen LogP contribution is -2.23. The molecule has 4 aromatic rings. The third-order valence-electron chi connectivity index (χ3n) is 4.60. The fourth-order valence-electron chi connectivity index (χ4n) is 3.09. The highest BCUT2D eigenvalue weighted by molar-refractivity contribution is 7.15. The Bertz CT molecular complexity index is 1310. The number of fused-ring (bicyclic) bond motifs is 1. The molecule has 7 nitrogen and oxygen atoms in total. The van der Waals surface area contributed by atoms with Gasteiger partial charge in [0, 0.05) is 11.1 Å². The number of hydrogen-bond donors (Lipinski definition) is 0. The number of thiazole rings is 1. The fraction of sp³-hybridized carbons (Fsp3) is 0.261. The van der Waals surface area contributed by atoms with Crippen LogP contribution in [0.4, 0.5) is 0 Å². The van der Waals surface area contributed by atoms with Crippen LogP contribution in [0.2, 0.25) is 0 Å². The van der Waals surface area contributed by atoms with E-state index in [2.05, 4.69) is 23.9 Å². The molecule has 0 unspecified atom stereocenters. The number of methoxy groups -OCH3 is 2. The molecule has 0 aliphatic rings. The largest absolute Gasteiger partial charge is 0.493 e. The zero-order valence-corrected chi connectivity index (χ0v) is 18.6. The van der Waals surface area contributed by atoms with Crippen LogP contribution in [0.1, 0.15) is 19.4 Å². The molecule has 2 aromatic carbocycles. The minimum absolute atomic E-state index is 0.222. The van der Waals surface area contributed by atoms with Gasteiger partial charge in [-0.3, -0.25) is 4.79 Å². The summed E-state index contributed by atoms with van der Waals surface area (Å²) in [6.45, 7) is 4.87. The van der Waals surface area contributed by atoms with E-state index in [1.165, 1.54) is 15.9 Å². The number of nitrogens with zero attached hydrogens (tertiary/aromatic N) is 3. The molecule has 0 radical (unpaired) electrons. The summed E-state index contributed by atoms with van der Waals surface area (Å²) in [4.78, 5) is 18.0. The summed E-state index contributed by atoms with van der Waals surface area (Å²) in [7, 11) is 3.15. The van der Waals surface area contributed by atoms with E-state index >= 15 is 0 Å². The van der Waals surface area contributed by atoms with Crippen LogP contribution in [-0.4, -0.2) is 35.4 Å². The van der Waals surface area contributed by atoms with Gasteiger partial charge in [0.15, 0.2) is 17.3 Å². The first-order valence-corrected chi connectivity index (χ1v) is 10.7. The van der Waals surface area contributed by atoms with Crippen LogP contribution in [0.25, 0.3) is 22.4 Å². The zero-order chi connectivity index (χ0) is 22.0. The Morgan fingerprint density at radius 1 is 1.10 bits per heavy atom. The van der Waals surface area contributed by atoms with Gasteiger partial charge < -0.3 is 14.2 Å². The monoisotopic (exact) mass is 437 g/mol. The molecule has 4 rings (SSSR count). The minimum atomic E-state index is -0.222. The third kappa shape index (κ3) is 4.25. The van der Waals surface area contributed by atoms with E-state index in [-0.39, 0.29) is 5.56 Å². The van der Waals surface area contributed by atoms with Crippen molar-refractivity contribution in [3.63, 3.8) is 0 Å². The van der Waals surface area contributed by atoms with Crippen molar-refractivity contribution in [1.82, 2.24) is 14.6 Å². The van der Waals surface area contributed by atoms with Gasteiger partial charge in [-0.2, -0.15) is 9.50 Å². The van der Waals surface area contributed by atoms with E-state index in [9.17, 15) is 4.79 Å². The number of para-hydroxylation sites is 1. The van der Waals surface area contributed by atoms with E-state index in [0.29, 0.717) is 39.3 Å². The minimum Gasteiger partial charge on any atom is -0.493 e. The molecule has 0 amide bonds. The van der Waals surface area contributed by atoms with Crippen molar-refractivity contribution in [3.8, 4) is 28.6 Å². The average molecular weight is 438 g/mol. The predicted octanol–water partition coefficient (Wildman–Crippen LogP) is 3.42. The summed E-state index contributed by atoms with van der Waals surface area (Å²) in [6, 6.07) is 13.1. The molecule has 0 aliphatic heterocycles. The molecular formula is C23H23N3O4S. The van der Waals surface area contributed by atoms with Crippen LogP contribution in [0.15, 0.2) is 47.3 Å². The van der Waals surface area contributed by atoms with Crippen molar-refractivity contribution < 1.29 is 14.2 Å². The Morgan fingerprint density at radius 2 is 1.87 bits per heavy atom. The quantitative estimate of drug-likeness (QED) is 0.441. The highest BCUT2D eigenvalue weighted by Gasteiger charge is 2.14. The number of ether oxygens (including phenoxy) is 3. The molecule has 0 atom stereocenters. The van der Waals surface area contributed by atoms with Crippen LogP contribution in [0, 0.1) is 5.92 Å². The topological polar surface area (TPSA) is 75.0 Å². The van der Waals surface area contributed by atoms with Crippen LogP contribution in [0.5, 0.6) is 17.2 Å². The molecular weight excluding hydrogens is 414 g/mol. The maximum absolute atomic E-state index is 12.9. The second-order valence-corrected chi connectivity index (χ2v) is 8.37. The van der Waals surface area contributed by atoms with E-state index in [0.717, 1.165) is 16.9 Å². The van der Waals surface area contributed by atoms with Gasteiger partial charge in [0.1, 0.15) is 5.75 Å². The molecule has 0 aliphatic carbocycles. The van der Waals surface area contributed by atoms with Crippen molar-refractivity contribution in [1.29, 1.82) is 0 Å². The van der Waals surface area contributed by atoms with E-state index in [1.54, 1.807) is 20.3 Å². The molecule has 160 valence electrons. The molecule has 0 bridgehead atoms. The van der Waals surface area contributed by atoms with Gasteiger partial charge in [0.25, 0.3) is 5.56 Å². The summed E-state index contributed by atoms with van der Waals surface area (Å²) in [6.07, 6.45) is 1.77. The first kappa shape index (κ1) is 20.9. The van der Waals surface area contributed by atoms with Gasteiger partial charge in [0.05, 0.1) is 25.4 Å². The molecule has 0 spiro atoms. The predicted molar refractivity (Wildman–Crippen MR) is 121 cm³/mol. The molecule has 0 N–H and O–H groups in total. The van der Waals surface area contributed by atoms with Gasteiger partial charge in [0.2, 0.25) is 4.96 Å². The lowest BCUT2D eigenvalue weighted by atomic mass is 10.2. The lowest BCUT2D eigenvalue weighted by molar-refractivity contribution is 0.271. The Balaban J connectivity index is 1.67. The van der Waals surface area contributed by atoms with E-state index in [1.807, 2.05) is 42.5 Å². The Labute approximate surface area is 183 Å². The molecule has 2 aromatic heterocycles. The number of aromatic nitrogens is 3. The van der Waals surface area contributed by atoms with E-state index in [4.69, 9.17) is 14.2 Å². The van der Waals surface area contributed by atoms with Gasteiger partial charge in [-0.15, -0.1) is 5.10 Å². The smallest absolute Gasteiger partial charge is 0.291 e. The molecule has 8 heteroatoms. The maximum Gasteiger partial charge on any atom is 0.291 e. The molecule has 31 heavy (non-hydrogen) atoms. The first-order chi connectivity index (χ1) is 15.0. The maximum atomic E-state index is 12.9. The van der Waals surface area contributed by atoms with Crippen LogP contribution < -0.4 is 24.3 Å². The second kappa shape index (κ2) is 8.77. The van der Waals surface area contributed by atoms with Crippen LogP contribution in [0.3, 0.4) is 0 Å². The van der Waals surface area contributed by atoms with Crippen LogP contribution in [-0.2, 0) is 0 Å². The Kier molecular flexibility index (Phi) is 5.90. The fourth-order valence-corrected chi connectivity index (χ4v) is 3.98. The molecule has 2 heterocycles. The molecule has 0 saturated carbocycles. The number of benzene rings is 2. The second-order valence-electron chi connectivity index (χ2n) is 7.36. The summed E-state index contributed by atoms with van der Waals surface area (Å²) in [5, 5.41) is 4.41. The summed E-state index contributed by atoms with van der Waals surface area (Å²) in [5.41, 5.74) is 1.35. The van der Waals surface area contributed by atoms with Crippen molar-refractivity contribution in [3.05, 3.63) is 62.9 Å². The lowest BCUT2D eigenvalue weighted by Gasteiger charge is -2.09.